The highest BCUT2D eigenvalue weighted by Crippen LogP contribution is 2.45. The second-order valence-electron chi connectivity index (χ2n) is 7.02. The molecule has 3 heterocycles. The number of hydrogen-bond donors (Lipinski definition) is 2. The lowest BCUT2D eigenvalue weighted by Crippen LogP contribution is -2.53. The number of pyridine rings is 1. The van der Waals surface area contributed by atoms with E-state index in [9.17, 15) is 19.1 Å². The van der Waals surface area contributed by atoms with E-state index in [4.69, 9.17) is 9.47 Å². The van der Waals surface area contributed by atoms with E-state index in [1.54, 1.807) is 12.1 Å². The topological polar surface area (TPSA) is 101 Å². The summed E-state index contributed by atoms with van der Waals surface area (Å²) in [5.41, 5.74) is 1.80. The van der Waals surface area contributed by atoms with Crippen LogP contribution >= 0.6 is 0 Å². The first-order valence-electron chi connectivity index (χ1n) is 9.30. The van der Waals surface area contributed by atoms with Gasteiger partial charge in [-0.15, -0.1) is 0 Å². The smallest absolute Gasteiger partial charge is 0.235 e. The third-order valence-electron chi connectivity index (χ3n) is 5.08. The van der Waals surface area contributed by atoms with Crippen molar-refractivity contribution in [2.75, 3.05) is 25.7 Å². The van der Waals surface area contributed by atoms with E-state index in [1.165, 1.54) is 43.6 Å². The number of carbonyl (C=O) groups excluding carboxylic acids is 2. The van der Waals surface area contributed by atoms with Crippen LogP contribution in [0, 0.1) is 11.7 Å². The molecule has 0 fully saturated rings. The van der Waals surface area contributed by atoms with Gasteiger partial charge in [-0.2, -0.15) is 0 Å². The van der Waals surface area contributed by atoms with Crippen LogP contribution in [0.5, 0.6) is 5.75 Å². The third kappa shape index (κ3) is 3.31. The van der Waals surface area contributed by atoms with Gasteiger partial charge in [-0.25, -0.2) is 4.39 Å². The van der Waals surface area contributed by atoms with Gasteiger partial charge in [0, 0.05) is 38.5 Å². The normalized spacial score (nSPS) is 19.7. The number of halogens is 1. The van der Waals surface area contributed by atoms with E-state index in [-0.39, 0.29) is 18.1 Å². The molecule has 2 unspecified atom stereocenters. The first-order chi connectivity index (χ1) is 14.4. The standard InChI is InChI=1S/C21H20FN3O5/c1-23-20(27)15-18(26)16-17-19(30-14(10-29-2)9-25(17)21(15)28)12(8-24-16)7-11-3-5-13(22)6-4-11/h3-6,8-9,15,21,28H,7,10H2,1-2H3,(H,23,27). The number of methoxy groups -OCH3 is 1. The number of amides is 1. The van der Waals surface area contributed by atoms with E-state index < -0.39 is 23.8 Å². The molecule has 2 aliphatic rings. The van der Waals surface area contributed by atoms with Gasteiger partial charge < -0.3 is 24.8 Å². The largest absolute Gasteiger partial charge is 0.455 e. The maximum atomic E-state index is 13.2. The highest BCUT2D eigenvalue weighted by Gasteiger charge is 2.47. The first kappa shape index (κ1) is 20.0. The quantitative estimate of drug-likeness (QED) is 0.714. The van der Waals surface area contributed by atoms with Crippen LogP contribution in [0.25, 0.3) is 0 Å². The number of nitrogens with zero attached hydrogens (tertiary/aromatic N) is 2. The molecule has 2 aliphatic heterocycles. The SMILES string of the molecule is CNC(=O)C1C(=O)c2ncc(Cc3ccc(F)cc3)c3c2N(C=C(COC)O3)C1O. The Hall–Kier alpha value is -3.30. The Morgan fingerprint density at radius 1 is 1.37 bits per heavy atom. The molecule has 0 saturated heterocycles. The number of rotatable bonds is 5. The van der Waals surface area contributed by atoms with Crippen LogP contribution < -0.4 is 15.0 Å². The summed E-state index contributed by atoms with van der Waals surface area (Å²) >= 11 is 0. The minimum atomic E-state index is -1.43. The monoisotopic (exact) mass is 413 g/mol. The van der Waals surface area contributed by atoms with Crippen LogP contribution in [0.4, 0.5) is 10.1 Å². The molecule has 156 valence electrons. The van der Waals surface area contributed by atoms with Gasteiger partial charge in [0.1, 0.15) is 41.7 Å². The Morgan fingerprint density at radius 3 is 2.77 bits per heavy atom. The van der Waals surface area contributed by atoms with E-state index in [1.807, 2.05) is 0 Å². The number of aliphatic hydroxyl groups excluding tert-OH is 1. The van der Waals surface area contributed by atoms with Crippen LogP contribution in [-0.4, -0.2) is 48.8 Å². The molecule has 0 bridgehead atoms. The van der Waals surface area contributed by atoms with Gasteiger partial charge in [0.05, 0.1) is 0 Å². The summed E-state index contributed by atoms with van der Waals surface area (Å²) in [6.07, 6.45) is 1.95. The van der Waals surface area contributed by atoms with Crippen molar-refractivity contribution in [1.29, 1.82) is 0 Å². The van der Waals surface area contributed by atoms with E-state index in [0.29, 0.717) is 29.2 Å². The van der Waals surface area contributed by atoms with Gasteiger partial charge in [-0.1, -0.05) is 12.1 Å². The van der Waals surface area contributed by atoms with Crippen LogP contribution in [0.2, 0.25) is 0 Å². The molecule has 4 rings (SSSR count). The van der Waals surface area contributed by atoms with E-state index in [0.717, 1.165) is 5.56 Å². The number of ketones is 1. The molecule has 2 N–H and O–H groups in total. The lowest BCUT2D eigenvalue weighted by Gasteiger charge is -2.40. The lowest BCUT2D eigenvalue weighted by molar-refractivity contribution is -0.126. The Balaban J connectivity index is 1.83. The first-order valence-corrected chi connectivity index (χ1v) is 9.30. The number of benzene rings is 1. The van der Waals surface area contributed by atoms with Crippen molar-refractivity contribution in [1.82, 2.24) is 10.3 Å². The number of aromatic nitrogens is 1. The predicted octanol–water partition coefficient (Wildman–Crippen LogP) is 1.37. The zero-order valence-electron chi connectivity index (χ0n) is 16.4. The van der Waals surface area contributed by atoms with Crippen molar-refractivity contribution in [3.05, 3.63) is 65.1 Å². The minimum Gasteiger partial charge on any atom is -0.455 e. The molecule has 0 radical (unpaired) electrons. The summed E-state index contributed by atoms with van der Waals surface area (Å²) in [6, 6.07) is 6.01. The molecule has 0 saturated carbocycles. The van der Waals surface area contributed by atoms with Gasteiger partial charge in [-0.05, 0) is 17.7 Å². The molecule has 30 heavy (non-hydrogen) atoms. The van der Waals surface area contributed by atoms with Crippen molar-refractivity contribution >= 4 is 17.4 Å². The maximum Gasteiger partial charge on any atom is 0.235 e. The number of nitrogens with one attached hydrogen (secondary N) is 1. The molecule has 1 aromatic carbocycles. The summed E-state index contributed by atoms with van der Waals surface area (Å²) in [5, 5.41) is 13.2. The fraction of sp³-hybridized carbons (Fsp3) is 0.286. The molecule has 2 aromatic rings. The molecule has 0 spiro atoms. The molecule has 0 aliphatic carbocycles. The fourth-order valence-electron chi connectivity index (χ4n) is 3.65. The average Bonchev–Trinajstić information content (AvgIpc) is 2.74. The van der Waals surface area contributed by atoms with Crippen LogP contribution in [-0.2, 0) is 16.0 Å². The zero-order chi connectivity index (χ0) is 21.4. The molecule has 8 nitrogen and oxygen atoms in total. The molecule has 2 atom stereocenters. The molecule has 1 aromatic heterocycles. The highest BCUT2D eigenvalue weighted by molar-refractivity contribution is 6.15. The number of hydrogen-bond acceptors (Lipinski definition) is 7. The molecular weight excluding hydrogens is 393 g/mol. The number of Topliss-reactive ketones (excluding diaryl/α,β-unsaturated/α-hetero) is 1. The van der Waals surface area contributed by atoms with Crippen molar-refractivity contribution in [2.45, 2.75) is 12.6 Å². The van der Waals surface area contributed by atoms with Gasteiger partial charge in [-0.3, -0.25) is 14.6 Å². The summed E-state index contributed by atoms with van der Waals surface area (Å²) in [6.45, 7) is 0.120. The molecule has 1 amide bonds. The molecule has 9 heteroatoms. The van der Waals surface area contributed by atoms with Crippen molar-refractivity contribution in [2.24, 2.45) is 5.92 Å². The highest BCUT2D eigenvalue weighted by atomic mass is 19.1. The Labute approximate surface area is 171 Å². The van der Waals surface area contributed by atoms with E-state index >= 15 is 0 Å². The summed E-state index contributed by atoms with van der Waals surface area (Å²) in [7, 11) is 2.90. The lowest BCUT2D eigenvalue weighted by atomic mass is 9.90. The van der Waals surface area contributed by atoms with Crippen molar-refractivity contribution in [3.63, 3.8) is 0 Å². The van der Waals surface area contributed by atoms with Crippen LogP contribution in [0.1, 0.15) is 21.6 Å². The third-order valence-corrected chi connectivity index (χ3v) is 5.08. The van der Waals surface area contributed by atoms with Crippen LogP contribution in [0.15, 0.2) is 42.4 Å². The van der Waals surface area contributed by atoms with Crippen LogP contribution in [0.3, 0.4) is 0 Å². The van der Waals surface area contributed by atoms with Gasteiger partial charge >= 0.3 is 0 Å². The fourth-order valence-corrected chi connectivity index (χ4v) is 3.65. The minimum absolute atomic E-state index is 0.0412. The predicted molar refractivity (Wildman–Crippen MR) is 104 cm³/mol. The average molecular weight is 413 g/mol. The second-order valence-corrected chi connectivity index (χ2v) is 7.02. The number of aliphatic hydroxyl groups is 1. The van der Waals surface area contributed by atoms with Gasteiger partial charge in [0.25, 0.3) is 0 Å². The maximum absolute atomic E-state index is 13.2. The number of anilines is 1. The Kier molecular flexibility index (Phi) is 5.23. The van der Waals surface area contributed by atoms with E-state index in [2.05, 4.69) is 10.3 Å². The summed E-state index contributed by atoms with van der Waals surface area (Å²) in [4.78, 5) is 30.9. The Bertz CT molecular complexity index is 1040. The zero-order valence-corrected chi connectivity index (χ0v) is 16.4. The molecular formula is C21H20FN3O5. The summed E-state index contributed by atoms with van der Waals surface area (Å²) < 4.78 is 24.4. The van der Waals surface area contributed by atoms with Crippen molar-refractivity contribution in [3.8, 4) is 5.75 Å². The van der Waals surface area contributed by atoms with Gasteiger partial charge in [0.15, 0.2) is 11.5 Å². The number of carbonyl (C=O) groups is 2. The second kappa shape index (κ2) is 7.85. The summed E-state index contributed by atoms with van der Waals surface area (Å²) in [5.74, 6) is -2.12. The van der Waals surface area contributed by atoms with Gasteiger partial charge in [0.2, 0.25) is 5.91 Å². The Morgan fingerprint density at radius 2 is 2.10 bits per heavy atom. The van der Waals surface area contributed by atoms with Crippen molar-refractivity contribution < 1.29 is 28.6 Å². The number of ether oxygens (including phenoxy) is 2.